The van der Waals surface area contributed by atoms with Gasteiger partial charge in [-0.2, -0.15) is 0 Å². The van der Waals surface area contributed by atoms with Crippen LogP contribution in [-0.4, -0.2) is 11.9 Å². The summed E-state index contributed by atoms with van der Waals surface area (Å²) in [5.74, 6) is 0.211. The van der Waals surface area contributed by atoms with Crippen LogP contribution in [0.5, 0.6) is 0 Å². The van der Waals surface area contributed by atoms with E-state index in [0.29, 0.717) is 5.56 Å². The number of nitrogens with one attached hydrogen (secondary N) is 1. The van der Waals surface area contributed by atoms with Crippen molar-refractivity contribution in [3.05, 3.63) is 34.1 Å². The fraction of sp³-hybridized carbons (Fsp3) is 0.533. The van der Waals surface area contributed by atoms with E-state index in [9.17, 15) is 9.18 Å². The van der Waals surface area contributed by atoms with Crippen molar-refractivity contribution in [2.75, 3.05) is 0 Å². The number of halogens is 2. The summed E-state index contributed by atoms with van der Waals surface area (Å²) in [5.41, 5.74) is 0.373. The van der Waals surface area contributed by atoms with Crippen LogP contribution in [0.4, 0.5) is 4.39 Å². The first-order valence-corrected chi connectivity index (χ1v) is 7.66. The van der Waals surface area contributed by atoms with Gasteiger partial charge in [0.2, 0.25) is 0 Å². The minimum Gasteiger partial charge on any atom is -0.349 e. The van der Waals surface area contributed by atoms with Crippen LogP contribution in [0.1, 0.15) is 49.4 Å². The van der Waals surface area contributed by atoms with E-state index in [1.54, 1.807) is 12.1 Å². The third kappa shape index (κ3) is 3.56. The van der Waals surface area contributed by atoms with Gasteiger partial charge in [-0.1, -0.05) is 19.4 Å². The highest BCUT2D eigenvalue weighted by molar-refractivity contribution is 9.10. The predicted molar refractivity (Wildman–Crippen MR) is 77.6 cm³/mol. The molecule has 1 N–H and O–H groups in total. The third-order valence-corrected chi connectivity index (χ3v) is 4.76. The molecule has 1 aromatic rings. The lowest BCUT2D eigenvalue weighted by atomic mass is 9.84. The molecule has 1 amide bonds. The van der Waals surface area contributed by atoms with E-state index in [-0.39, 0.29) is 16.4 Å². The van der Waals surface area contributed by atoms with Gasteiger partial charge in [-0.15, -0.1) is 0 Å². The maximum absolute atomic E-state index is 13.4. The molecule has 1 fully saturated rings. The number of rotatable bonds is 3. The van der Waals surface area contributed by atoms with Crippen LogP contribution >= 0.6 is 15.9 Å². The molecule has 0 unspecified atom stereocenters. The summed E-state index contributed by atoms with van der Waals surface area (Å²) < 4.78 is 13.6. The molecule has 19 heavy (non-hydrogen) atoms. The minimum absolute atomic E-state index is 0.189. The van der Waals surface area contributed by atoms with Crippen molar-refractivity contribution in [3.8, 4) is 0 Å². The number of benzene rings is 1. The van der Waals surface area contributed by atoms with Crippen molar-refractivity contribution in [2.24, 2.45) is 5.92 Å². The number of amides is 1. The van der Waals surface area contributed by atoms with Crippen molar-refractivity contribution >= 4 is 21.8 Å². The van der Waals surface area contributed by atoms with E-state index >= 15 is 0 Å². The lowest BCUT2D eigenvalue weighted by Crippen LogP contribution is -2.37. The Balaban J connectivity index is 1.96. The molecule has 0 spiro atoms. The lowest BCUT2D eigenvalue weighted by Gasteiger charge is -2.28. The normalized spacial score (nSPS) is 23.1. The second kappa shape index (κ2) is 6.51. The number of carbonyl (C=O) groups excluding carboxylic acids is 1. The van der Waals surface area contributed by atoms with Crippen molar-refractivity contribution in [1.29, 1.82) is 0 Å². The molecule has 2 nitrogen and oxygen atoms in total. The van der Waals surface area contributed by atoms with E-state index in [2.05, 4.69) is 28.2 Å². The Kier molecular flexibility index (Phi) is 4.97. The highest BCUT2D eigenvalue weighted by atomic mass is 79.9. The first-order chi connectivity index (χ1) is 9.11. The van der Waals surface area contributed by atoms with Crippen LogP contribution in [-0.2, 0) is 0 Å². The maximum Gasteiger partial charge on any atom is 0.252 e. The topological polar surface area (TPSA) is 29.1 Å². The average molecular weight is 328 g/mol. The molecular formula is C15H19BrFNO. The average Bonchev–Trinajstić information content (AvgIpc) is 2.42. The maximum atomic E-state index is 13.4. The zero-order valence-electron chi connectivity index (χ0n) is 11.1. The molecule has 0 bridgehead atoms. The number of hydrogen-bond acceptors (Lipinski definition) is 1. The SMILES string of the molecule is CCC1CCC(NC(=O)c2cccc(F)c2Br)CC1. The van der Waals surface area contributed by atoms with E-state index < -0.39 is 5.82 Å². The Morgan fingerprint density at radius 1 is 1.37 bits per heavy atom. The molecule has 0 aliphatic heterocycles. The van der Waals surface area contributed by atoms with E-state index in [0.717, 1.165) is 18.8 Å². The highest BCUT2D eigenvalue weighted by Gasteiger charge is 2.22. The van der Waals surface area contributed by atoms with Gasteiger partial charge in [-0.05, 0) is 59.7 Å². The molecule has 1 saturated carbocycles. The van der Waals surface area contributed by atoms with Gasteiger partial charge in [-0.3, -0.25) is 4.79 Å². The van der Waals surface area contributed by atoms with Crippen LogP contribution in [0.3, 0.4) is 0 Å². The standard InChI is InChI=1S/C15H19BrFNO/c1-2-10-6-8-11(9-7-10)18-15(19)12-4-3-5-13(17)14(12)16/h3-5,10-11H,2,6-9H2,1H3,(H,18,19). The van der Waals surface area contributed by atoms with Crippen molar-refractivity contribution in [2.45, 2.75) is 45.1 Å². The Morgan fingerprint density at radius 2 is 2.05 bits per heavy atom. The molecule has 0 saturated heterocycles. The van der Waals surface area contributed by atoms with Crippen LogP contribution in [0.25, 0.3) is 0 Å². The second-order valence-corrected chi connectivity index (χ2v) is 5.99. The first kappa shape index (κ1) is 14.5. The zero-order valence-corrected chi connectivity index (χ0v) is 12.7. The van der Waals surface area contributed by atoms with Gasteiger partial charge in [0, 0.05) is 6.04 Å². The first-order valence-electron chi connectivity index (χ1n) is 6.86. The van der Waals surface area contributed by atoms with Gasteiger partial charge >= 0.3 is 0 Å². The van der Waals surface area contributed by atoms with Gasteiger partial charge in [0.25, 0.3) is 5.91 Å². The van der Waals surface area contributed by atoms with E-state index in [1.807, 2.05) is 0 Å². The van der Waals surface area contributed by atoms with Gasteiger partial charge < -0.3 is 5.32 Å². The minimum atomic E-state index is -0.401. The Morgan fingerprint density at radius 3 is 2.68 bits per heavy atom. The van der Waals surface area contributed by atoms with Crippen LogP contribution < -0.4 is 5.32 Å². The predicted octanol–water partition coefficient (Wildman–Crippen LogP) is 4.29. The van der Waals surface area contributed by atoms with E-state index in [1.165, 1.54) is 25.3 Å². The Hall–Kier alpha value is -0.900. The summed E-state index contributed by atoms with van der Waals surface area (Å²) >= 11 is 3.13. The van der Waals surface area contributed by atoms with Crippen molar-refractivity contribution in [3.63, 3.8) is 0 Å². The van der Waals surface area contributed by atoms with Gasteiger partial charge in [0.1, 0.15) is 5.82 Å². The monoisotopic (exact) mass is 327 g/mol. The van der Waals surface area contributed by atoms with E-state index in [4.69, 9.17) is 0 Å². The quantitative estimate of drug-likeness (QED) is 0.881. The lowest BCUT2D eigenvalue weighted by molar-refractivity contribution is 0.0920. The largest absolute Gasteiger partial charge is 0.349 e. The fourth-order valence-corrected chi connectivity index (χ4v) is 3.10. The summed E-state index contributed by atoms with van der Waals surface area (Å²) in [6.45, 7) is 2.22. The summed E-state index contributed by atoms with van der Waals surface area (Å²) in [7, 11) is 0. The molecule has 4 heteroatoms. The molecule has 0 aromatic heterocycles. The molecule has 0 radical (unpaired) electrons. The van der Waals surface area contributed by atoms with Gasteiger partial charge in [0.05, 0.1) is 10.0 Å². The summed E-state index contributed by atoms with van der Waals surface area (Å²) in [4.78, 5) is 12.1. The summed E-state index contributed by atoms with van der Waals surface area (Å²) in [6, 6.07) is 4.77. The Bertz CT molecular complexity index is 455. The molecule has 104 valence electrons. The zero-order chi connectivity index (χ0) is 13.8. The highest BCUT2D eigenvalue weighted by Crippen LogP contribution is 2.27. The fourth-order valence-electron chi connectivity index (χ4n) is 2.66. The van der Waals surface area contributed by atoms with Crippen molar-refractivity contribution in [1.82, 2.24) is 5.32 Å². The molecular weight excluding hydrogens is 309 g/mol. The third-order valence-electron chi connectivity index (χ3n) is 3.96. The van der Waals surface area contributed by atoms with Gasteiger partial charge in [0.15, 0.2) is 0 Å². The molecule has 1 aromatic carbocycles. The van der Waals surface area contributed by atoms with Crippen LogP contribution in [0.15, 0.2) is 22.7 Å². The van der Waals surface area contributed by atoms with Crippen LogP contribution in [0, 0.1) is 11.7 Å². The number of hydrogen-bond donors (Lipinski definition) is 1. The summed E-state index contributed by atoms with van der Waals surface area (Å²) in [6.07, 6.45) is 5.61. The molecule has 1 aliphatic carbocycles. The van der Waals surface area contributed by atoms with Crippen LogP contribution in [0.2, 0.25) is 0 Å². The molecule has 2 rings (SSSR count). The van der Waals surface area contributed by atoms with Crippen molar-refractivity contribution < 1.29 is 9.18 Å². The number of carbonyl (C=O) groups is 1. The van der Waals surface area contributed by atoms with Gasteiger partial charge in [-0.25, -0.2) is 4.39 Å². The Labute approximate surface area is 121 Å². The molecule has 0 heterocycles. The molecule has 1 aliphatic rings. The second-order valence-electron chi connectivity index (χ2n) is 5.20. The molecule has 0 atom stereocenters. The smallest absolute Gasteiger partial charge is 0.252 e. The summed E-state index contributed by atoms with van der Waals surface area (Å²) in [5, 5.41) is 3.01.